The van der Waals surface area contributed by atoms with Crippen LogP contribution in [0.2, 0.25) is 0 Å². The molecule has 1 aliphatic rings. The Morgan fingerprint density at radius 1 is 0.971 bits per heavy atom. The highest BCUT2D eigenvalue weighted by Gasteiger charge is 2.20. The van der Waals surface area contributed by atoms with Crippen LogP contribution >= 0.6 is 0 Å². The van der Waals surface area contributed by atoms with E-state index in [0.29, 0.717) is 28.4 Å². The lowest BCUT2D eigenvalue weighted by Gasteiger charge is -2.22. The quantitative estimate of drug-likeness (QED) is 0.398. The molecule has 0 unspecified atom stereocenters. The molecule has 1 fully saturated rings. The van der Waals surface area contributed by atoms with Crippen molar-refractivity contribution < 1.29 is 17.9 Å². The lowest BCUT2D eigenvalue weighted by Crippen LogP contribution is -2.20. The smallest absolute Gasteiger partial charge is 0.263 e. The molecule has 0 atom stereocenters. The monoisotopic (exact) mass is 491 g/mol. The first-order valence-corrected chi connectivity index (χ1v) is 12.9. The molecule has 1 N–H and O–H groups in total. The number of rotatable bonds is 7. The topological polar surface area (TPSA) is 116 Å². The van der Waals surface area contributed by atoms with Crippen LogP contribution in [0.15, 0.2) is 66.1 Å². The minimum atomic E-state index is -3.83. The van der Waals surface area contributed by atoms with E-state index in [2.05, 4.69) is 24.7 Å². The Bertz CT molecular complexity index is 1440. The molecule has 4 aromatic rings. The zero-order valence-corrected chi connectivity index (χ0v) is 20.0. The highest BCUT2D eigenvalue weighted by atomic mass is 32.2. The Kier molecular flexibility index (Phi) is 6.45. The maximum absolute atomic E-state index is 12.9. The Labute approximate surface area is 203 Å². The van der Waals surface area contributed by atoms with Crippen molar-refractivity contribution >= 4 is 26.6 Å². The third-order valence-electron chi connectivity index (χ3n) is 5.99. The standard InChI is InChI=1S/C25H25N5O4S/c1-33-25-21(9-10-23(29-25)34-18-5-3-2-4-6-18)24-20-8-7-19(15-17(20)11-14-27-24)35(31,32)30-22-12-13-26-16-28-22/h7-16,18H,2-6H2,1H3,(H,26,28,30). The minimum Gasteiger partial charge on any atom is -0.480 e. The molecule has 1 aliphatic carbocycles. The number of pyridine rings is 2. The summed E-state index contributed by atoms with van der Waals surface area (Å²) in [5.74, 6) is 1.13. The first-order chi connectivity index (χ1) is 17.0. The lowest BCUT2D eigenvalue weighted by atomic mass is 9.98. The molecule has 5 rings (SSSR count). The summed E-state index contributed by atoms with van der Waals surface area (Å²) in [4.78, 5) is 17.0. The molecule has 10 heteroatoms. The maximum atomic E-state index is 12.9. The number of sulfonamides is 1. The molecule has 3 heterocycles. The van der Waals surface area contributed by atoms with Gasteiger partial charge in [0, 0.05) is 23.8 Å². The number of benzene rings is 1. The van der Waals surface area contributed by atoms with Crippen LogP contribution in [0.5, 0.6) is 11.8 Å². The van der Waals surface area contributed by atoms with E-state index in [-0.39, 0.29) is 16.8 Å². The number of hydrogen-bond donors (Lipinski definition) is 1. The van der Waals surface area contributed by atoms with E-state index in [1.807, 2.05) is 12.1 Å². The van der Waals surface area contributed by atoms with Crippen LogP contribution in [0.25, 0.3) is 22.0 Å². The van der Waals surface area contributed by atoms with E-state index in [1.54, 1.807) is 31.5 Å². The third-order valence-corrected chi connectivity index (χ3v) is 7.34. The highest BCUT2D eigenvalue weighted by Crippen LogP contribution is 2.35. The number of aromatic nitrogens is 4. The molecule has 0 amide bonds. The fourth-order valence-electron chi connectivity index (χ4n) is 4.26. The van der Waals surface area contributed by atoms with Gasteiger partial charge in [-0.1, -0.05) is 12.5 Å². The predicted octanol–water partition coefficient (Wildman–Crippen LogP) is 4.61. The zero-order chi connectivity index (χ0) is 24.3. The molecule has 3 aromatic heterocycles. The van der Waals surface area contributed by atoms with Gasteiger partial charge in [-0.25, -0.2) is 18.4 Å². The highest BCUT2D eigenvalue weighted by molar-refractivity contribution is 7.92. The van der Waals surface area contributed by atoms with E-state index >= 15 is 0 Å². The third kappa shape index (κ3) is 5.02. The summed E-state index contributed by atoms with van der Waals surface area (Å²) in [5, 5.41) is 1.49. The molecule has 0 saturated heterocycles. The molecule has 9 nitrogen and oxygen atoms in total. The summed E-state index contributed by atoms with van der Waals surface area (Å²) >= 11 is 0. The van der Waals surface area contributed by atoms with Gasteiger partial charge in [-0.05, 0) is 61.4 Å². The second-order valence-corrected chi connectivity index (χ2v) is 10.0. The summed E-state index contributed by atoms with van der Waals surface area (Å²) in [6.45, 7) is 0. The Balaban J connectivity index is 1.47. The van der Waals surface area contributed by atoms with E-state index in [4.69, 9.17) is 9.47 Å². The molecule has 0 spiro atoms. The van der Waals surface area contributed by atoms with Crippen LogP contribution in [0.3, 0.4) is 0 Å². The second kappa shape index (κ2) is 9.83. The van der Waals surface area contributed by atoms with Gasteiger partial charge >= 0.3 is 0 Å². The van der Waals surface area contributed by atoms with Crippen molar-refractivity contribution in [3.63, 3.8) is 0 Å². The summed E-state index contributed by atoms with van der Waals surface area (Å²) < 4.78 is 39.9. The molecule has 0 aliphatic heterocycles. The van der Waals surface area contributed by atoms with E-state index in [0.717, 1.165) is 18.2 Å². The Morgan fingerprint density at radius 3 is 2.60 bits per heavy atom. The van der Waals surface area contributed by atoms with Gasteiger partial charge in [-0.2, -0.15) is 4.98 Å². The van der Waals surface area contributed by atoms with Gasteiger partial charge in [0.15, 0.2) is 0 Å². The summed E-state index contributed by atoms with van der Waals surface area (Å²) in [6, 6.07) is 11.8. The normalized spacial score (nSPS) is 14.5. The first-order valence-electron chi connectivity index (χ1n) is 11.4. The van der Waals surface area contributed by atoms with Gasteiger partial charge < -0.3 is 9.47 Å². The maximum Gasteiger partial charge on any atom is 0.263 e. The van der Waals surface area contributed by atoms with Crippen molar-refractivity contribution in [2.45, 2.75) is 43.1 Å². The van der Waals surface area contributed by atoms with Crippen molar-refractivity contribution in [3.05, 3.63) is 61.2 Å². The van der Waals surface area contributed by atoms with Crippen LogP contribution in [0, 0.1) is 0 Å². The summed E-state index contributed by atoms with van der Waals surface area (Å²) in [5.41, 5.74) is 1.34. The summed E-state index contributed by atoms with van der Waals surface area (Å²) in [6.07, 6.45) is 10.2. The SMILES string of the molecule is COc1nc(OC2CCCCC2)ccc1-c1nccc2cc(S(=O)(=O)Nc3ccncn3)ccc12. The van der Waals surface area contributed by atoms with Crippen LogP contribution in [0.4, 0.5) is 5.82 Å². The van der Waals surface area contributed by atoms with Gasteiger partial charge in [0.1, 0.15) is 18.2 Å². The predicted molar refractivity (Wildman–Crippen MR) is 132 cm³/mol. The summed E-state index contributed by atoms with van der Waals surface area (Å²) in [7, 11) is -2.27. The molecular formula is C25H25N5O4S. The van der Waals surface area contributed by atoms with Crippen LogP contribution in [-0.2, 0) is 10.0 Å². The van der Waals surface area contributed by atoms with Crippen LogP contribution in [0.1, 0.15) is 32.1 Å². The molecule has 180 valence electrons. The van der Waals surface area contributed by atoms with Gasteiger partial charge in [0.25, 0.3) is 10.0 Å². The van der Waals surface area contributed by atoms with Crippen molar-refractivity contribution in [3.8, 4) is 23.0 Å². The van der Waals surface area contributed by atoms with E-state index in [9.17, 15) is 8.42 Å². The zero-order valence-electron chi connectivity index (χ0n) is 19.2. The number of ether oxygens (including phenoxy) is 2. The van der Waals surface area contributed by atoms with Crippen molar-refractivity contribution in [2.24, 2.45) is 0 Å². The first kappa shape index (κ1) is 23.0. The fourth-order valence-corrected chi connectivity index (χ4v) is 5.31. The molecule has 35 heavy (non-hydrogen) atoms. The average Bonchev–Trinajstić information content (AvgIpc) is 2.89. The lowest BCUT2D eigenvalue weighted by molar-refractivity contribution is 0.147. The molecular weight excluding hydrogens is 466 g/mol. The fraction of sp³-hybridized carbons (Fsp3) is 0.280. The number of hydrogen-bond acceptors (Lipinski definition) is 8. The Hall–Kier alpha value is -3.79. The molecule has 1 aromatic carbocycles. The largest absolute Gasteiger partial charge is 0.480 e. The van der Waals surface area contributed by atoms with Crippen LogP contribution < -0.4 is 14.2 Å². The van der Waals surface area contributed by atoms with Crippen LogP contribution in [-0.4, -0.2) is 41.6 Å². The average molecular weight is 492 g/mol. The molecule has 0 radical (unpaired) electrons. The van der Waals surface area contributed by atoms with Gasteiger partial charge in [0.2, 0.25) is 11.8 Å². The number of nitrogens with one attached hydrogen (secondary N) is 1. The number of methoxy groups -OCH3 is 1. The van der Waals surface area contributed by atoms with Gasteiger partial charge in [-0.15, -0.1) is 0 Å². The van der Waals surface area contributed by atoms with Gasteiger partial charge in [0.05, 0.1) is 23.3 Å². The number of nitrogens with zero attached hydrogens (tertiary/aromatic N) is 4. The minimum absolute atomic E-state index is 0.113. The number of anilines is 1. The van der Waals surface area contributed by atoms with E-state index < -0.39 is 10.0 Å². The van der Waals surface area contributed by atoms with Crippen molar-refractivity contribution in [1.29, 1.82) is 0 Å². The number of fused-ring (bicyclic) bond motifs is 1. The van der Waals surface area contributed by atoms with Gasteiger partial charge in [-0.3, -0.25) is 9.71 Å². The molecule has 1 saturated carbocycles. The van der Waals surface area contributed by atoms with Crippen molar-refractivity contribution in [2.75, 3.05) is 11.8 Å². The second-order valence-electron chi connectivity index (χ2n) is 8.33. The van der Waals surface area contributed by atoms with E-state index in [1.165, 1.54) is 43.9 Å². The molecule has 0 bridgehead atoms. The Morgan fingerprint density at radius 2 is 1.83 bits per heavy atom. The van der Waals surface area contributed by atoms with Crippen molar-refractivity contribution in [1.82, 2.24) is 19.9 Å².